The first-order chi connectivity index (χ1) is 12.8. The molecule has 0 aliphatic carbocycles. The highest BCUT2D eigenvalue weighted by molar-refractivity contribution is 5.31. The number of methoxy groups -OCH3 is 1. The van der Waals surface area contributed by atoms with Crippen molar-refractivity contribution >= 4 is 0 Å². The highest BCUT2D eigenvalue weighted by Crippen LogP contribution is 2.32. The Morgan fingerprint density at radius 2 is 2.04 bits per heavy atom. The zero-order chi connectivity index (χ0) is 18.2. The maximum absolute atomic E-state index is 5.91. The van der Waals surface area contributed by atoms with Crippen LogP contribution in [0.25, 0.3) is 0 Å². The SMILES string of the molecule is CCCC[C@@H](NN1CCC[C@H]1COC)c1ccccc1C1OCCCO1. The number of hydrazine groups is 1. The maximum Gasteiger partial charge on any atom is 0.184 e. The van der Waals surface area contributed by atoms with E-state index < -0.39 is 0 Å². The Hall–Kier alpha value is -0.980. The molecule has 2 fully saturated rings. The zero-order valence-electron chi connectivity index (χ0n) is 16.3. The third kappa shape index (κ3) is 5.05. The van der Waals surface area contributed by atoms with Gasteiger partial charge in [-0.25, -0.2) is 10.4 Å². The molecule has 0 unspecified atom stereocenters. The molecule has 1 N–H and O–H groups in total. The van der Waals surface area contributed by atoms with Crippen LogP contribution in [0.15, 0.2) is 24.3 Å². The normalized spacial score (nSPS) is 23.4. The summed E-state index contributed by atoms with van der Waals surface area (Å²) in [6.07, 6.45) is 6.65. The number of nitrogens with zero attached hydrogens (tertiary/aromatic N) is 1. The summed E-state index contributed by atoms with van der Waals surface area (Å²) in [5.74, 6) is 0. The van der Waals surface area contributed by atoms with Crippen LogP contribution in [0.1, 0.15) is 68.9 Å². The van der Waals surface area contributed by atoms with Crippen LogP contribution in [0.3, 0.4) is 0 Å². The third-order valence-electron chi connectivity index (χ3n) is 5.36. The summed E-state index contributed by atoms with van der Waals surface area (Å²) in [5.41, 5.74) is 6.30. The topological polar surface area (TPSA) is 43.0 Å². The number of hydrogen-bond acceptors (Lipinski definition) is 5. The molecule has 2 atom stereocenters. The molecule has 0 spiro atoms. The van der Waals surface area contributed by atoms with E-state index in [2.05, 4.69) is 41.6 Å². The summed E-state index contributed by atoms with van der Waals surface area (Å²) in [4.78, 5) is 0. The highest BCUT2D eigenvalue weighted by Gasteiger charge is 2.29. The van der Waals surface area contributed by atoms with E-state index in [0.29, 0.717) is 6.04 Å². The van der Waals surface area contributed by atoms with E-state index in [4.69, 9.17) is 14.2 Å². The van der Waals surface area contributed by atoms with Crippen molar-refractivity contribution < 1.29 is 14.2 Å². The van der Waals surface area contributed by atoms with E-state index in [1.54, 1.807) is 7.11 Å². The van der Waals surface area contributed by atoms with E-state index in [-0.39, 0.29) is 12.3 Å². The van der Waals surface area contributed by atoms with Crippen LogP contribution in [0, 0.1) is 0 Å². The summed E-state index contributed by atoms with van der Waals surface area (Å²) in [6.45, 7) is 5.65. The Labute approximate surface area is 158 Å². The fourth-order valence-corrected chi connectivity index (χ4v) is 3.98. The van der Waals surface area contributed by atoms with Gasteiger partial charge in [0.2, 0.25) is 0 Å². The molecular weight excluding hydrogens is 328 g/mol. The van der Waals surface area contributed by atoms with Gasteiger partial charge in [-0.2, -0.15) is 0 Å². The molecule has 26 heavy (non-hydrogen) atoms. The Morgan fingerprint density at radius 3 is 2.81 bits per heavy atom. The number of rotatable bonds is 9. The van der Waals surface area contributed by atoms with Crippen molar-refractivity contribution in [3.8, 4) is 0 Å². The number of benzene rings is 1. The highest BCUT2D eigenvalue weighted by atomic mass is 16.7. The van der Waals surface area contributed by atoms with Gasteiger partial charge >= 0.3 is 0 Å². The van der Waals surface area contributed by atoms with Crippen LogP contribution in [-0.4, -0.2) is 44.5 Å². The standard InChI is InChI=1S/C21H34N2O3/c1-3-4-12-20(22-23-13-7-9-17(23)16-24-2)18-10-5-6-11-19(18)21-25-14-8-15-26-21/h5-6,10-11,17,20-22H,3-4,7-9,12-16H2,1-2H3/t17-,20+/m0/s1. The second kappa shape index (κ2) is 10.4. The Kier molecular flexibility index (Phi) is 7.89. The Bertz CT molecular complexity index is 534. The van der Waals surface area contributed by atoms with E-state index >= 15 is 0 Å². The van der Waals surface area contributed by atoms with E-state index in [0.717, 1.165) is 39.2 Å². The van der Waals surface area contributed by atoms with Crippen molar-refractivity contribution in [2.24, 2.45) is 0 Å². The summed E-state index contributed by atoms with van der Waals surface area (Å²) in [7, 11) is 1.79. The fourth-order valence-electron chi connectivity index (χ4n) is 3.98. The number of unbranched alkanes of at least 4 members (excludes halogenated alkanes) is 1. The van der Waals surface area contributed by atoms with Gasteiger partial charge in [-0.15, -0.1) is 0 Å². The molecule has 0 saturated carbocycles. The zero-order valence-corrected chi connectivity index (χ0v) is 16.3. The van der Waals surface area contributed by atoms with Crippen molar-refractivity contribution in [2.45, 2.75) is 63.8 Å². The maximum atomic E-state index is 5.91. The van der Waals surface area contributed by atoms with Gasteiger partial charge in [0, 0.05) is 31.3 Å². The molecule has 2 aliphatic heterocycles. The van der Waals surface area contributed by atoms with Crippen LogP contribution in [0.2, 0.25) is 0 Å². The van der Waals surface area contributed by atoms with Crippen molar-refractivity contribution in [3.05, 3.63) is 35.4 Å². The van der Waals surface area contributed by atoms with Gasteiger partial charge < -0.3 is 14.2 Å². The molecule has 0 bridgehead atoms. The molecule has 2 saturated heterocycles. The van der Waals surface area contributed by atoms with Crippen molar-refractivity contribution in [1.82, 2.24) is 10.4 Å². The molecule has 0 amide bonds. The molecular formula is C21H34N2O3. The molecule has 2 heterocycles. The van der Waals surface area contributed by atoms with Gasteiger partial charge in [-0.3, -0.25) is 0 Å². The first-order valence-corrected chi connectivity index (χ1v) is 10.2. The lowest BCUT2D eigenvalue weighted by Crippen LogP contribution is -2.45. The second-order valence-corrected chi connectivity index (χ2v) is 7.32. The predicted octanol–water partition coefficient (Wildman–Crippen LogP) is 3.97. The monoisotopic (exact) mass is 362 g/mol. The molecule has 3 rings (SSSR count). The van der Waals surface area contributed by atoms with E-state index in [1.165, 1.54) is 36.8 Å². The van der Waals surface area contributed by atoms with Crippen LogP contribution in [-0.2, 0) is 14.2 Å². The smallest absolute Gasteiger partial charge is 0.184 e. The lowest BCUT2D eigenvalue weighted by atomic mass is 9.96. The number of nitrogens with one attached hydrogen (secondary N) is 1. The quantitative estimate of drug-likeness (QED) is 0.720. The number of hydrogen-bond donors (Lipinski definition) is 1. The first kappa shape index (κ1) is 19.8. The van der Waals surface area contributed by atoms with Crippen LogP contribution >= 0.6 is 0 Å². The van der Waals surface area contributed by atoms with Crippen LogP contribution in [0.5, 0.6) is 0 Å². The molecule has 1 aromatic carbocycles. The summed E-state index contributed by atoms with van der Waals surface area (Å²) in [5, 5.41) is 2.39. The molecule has 0 radical (unpaired) electrons. The summed E-state index contributed by atoms with van der Waals surface area (Å²) < 4.78 is 17.2. The van der Waals surface area contributed by atoms with E-state index in [1.807, 2.05) is 0 Å². The van der Waals surface area contributed by atoms with Crippen LogP contribution < -0.4 is 5.43 Å². The predicted molar refractivity (Wildman–Crippen MR) is 103 cm³/mol. The minimum Gasteiger partial charge on any atom is -0.383 e. The average molecular weight is 363 g/mol. The minimum atomic E-state index is -0.237. The van der Waals surface area contributed by atoms with Gasteiger partial charge in [0.1, 0.15) is 0 Å². The Morgan fingerprint density at radius 1 is 1.23 bits per heavy atom. The van der Waals surface area contributed by atoms with Gasteiger partial charge in [-0.1, -0.05) is 44.0 Å². The lowest BCUT2D eigenvalue weighted by molar-refractivity contribution is -0.183. The number of ether oxygens (including phenoxy) is 3. The average Bonchev–Trinajstić information content (AvgIpc) is 3.13. The van der Waals surface area contributed by atoms with Crippen LogP contribution in [0.4, 0.5) is 0 Å². The largest absolute Gasteiger partial charge is 0.383 e. The summed E-state index contributed by atoms with van der Waals surface area (Å²) in [6, 6.07) is 9.32. The molecule has 5 heteroatoms. The third-order valence-corrected chi connectivity index (χ3v) is 5.36. The summed E-state index contributed by atoms with van der Waals surface area (Å²) >= 11 is 0. The molecule has 5 nitrogen and oxygen atoms in total. The molecule has 146 valence electrons. The molecule has 0 aromatic heterocycles. The van der Waals surface area contributed by atoms with Crippen molar-refractivity contribution in [1.29, 1.82) is 0 Å². The second-order valence-electron chi connectivity index (χ2n) is 7.32. The van der Waals surface area contributed by atoms with Gasteiger partial charge in [-0.05, 0) is 31.2 Å². The van der Waals surface area contributed by atoms with Crippen molar-refractivity contribution in [2.75, 3.05) is 33.5 Å². The minimum absolute atomic E-state index is 0.237. The van der Waals surface area contributed by atoms with E-state index in [9.17, 15) is 0 Å². The first-order valence-electron chi connectivity index (χ1n) is 10.2. The lowest BCUT2D eigenvalue weighted by Gasteiger charge is -2.33. The Balaban J connectivity index is 1.78. The van der Waals surface area contributed by atoms with Crippen molar-refractivity contribution in [3.63, 3.8) is 0 Å². The fraction of sp³-hybridized carbons (Fsp3) is 0.714. The molecule has 1 aromatic rings. The van der Waals surface area contributed by atoms with Gasteiger partial charge in [0.05, 0.1) is 19.8 Å². The van der Waals surface area contributed by atoms with Gasteiger partial charge in [0.25, 0.3) is 0 Å². The van der Waals surface area contributed by atoms with Gasteiger partial charge in [0.15, 0.2) is 6.29 Å². The molecule has 2 aliphatic rings.